The van der Waals surface area contributed by atoms with Gasteiger partial charge in [-0.3, -0.25) is 19.2 Å². The number of aliphatic carboxylic acids is 2. The minimum absolute atomic E-state index is 0.121. The Morgan fingerprint density at radius 1 is 0.667 bits per heavy atom. The summed E-state index contributed by atoms with van der Waals surface area (Å²) in [5, 5.41) is 17.2. The molecule has 0 spiro atoms. The van der Waals surface area contributed by atoms with E-state index in [0.29, 0.717) is 12.8 Å². The number of ether oxygens (including phenoxy) is 2. The predicted octanol–water partition coefficient (Wildman–Crippen LogP) is 1.36. The summed E-state index contributed by atoms with van der Waals surface area (Å²) in [4.78, 5) is 44.3. The van der Waals surface area contributed by atoms with E-state index in [-0.39, 0.29) is 49.7 Å². The zero-order chi connectivity index (χ0) is 17.7. The van der Waals surface area contributed by atoms with Gasteiger partial charge in [0.15, 0.2) is 0 Å². The van der Waals surface area contributed by atoms with Gasteiger partial charge >= 0.3 is 23.9 Å². The monoisotopic (exact) mass is 342 g/mol. The number of rotatable bonds is 8. The summed E-state index contributed by atoms with van der Waals surface area (Å²) < 4.78 is 10.8. The maximum absolute atomic E-state index is 11.7. The zero-order valence-electron chi connectivity index (χ0n) is 13.3. The Morgan fingerprint density at radius 2 is 1.04 bits per heavy atom. The van der Waals surface area contributed by atoms with Gasteiger partial charge in [0.2, 0.25) is 0 Å². The van der Waals surface area contributed by atoms with E-state index in [2.05, 4.69) is 0 Å². The number of carbonyl (C=O) groups excluding carboxylic acids is 2. The van der Waals surface area contributed by atoms with Crippen molar-refractivity contribution in [3.8, 4) is 0 Å². The zero-order valence-corrected chi connectivity index (χ0v) is 13.3. The van der Waals surface area contributed by atoms with E-state index in [1.807, 2.05) is 0 Å². The number of carbonyl (C=O) groups is 4. The molecule has 2 rings (SSSR count). The van der Waals surface area contributed by atoms with Crippen molar-refractivity contribution in [2.45, 2.75) is 63.6 Å². The molecule has 8 heteroatoms. The molecule has 4 atom stereocenters. The summed E-state index contributed by atoms with van der Waals surface area (Å²) in [5.41, 5.74) is 0. The average Bonchev–Trinajstić information content (AvgIpc) is 3.07. The molecule has 0 aliphatic heterocycles. The molecule has 0 unspecified atom stereocenters. The summed E-state index contributed by atoms with van der Waals surface area (Å²) in [6.45, 7) is 0. The van der Waals surface area contributed by atoms with Crippen LogP contribution in [-0.2, 0) is 28.7 Å². The molecule has 134 valence electrons. The molecule has 2 aliphatic rings. The van der Waals surface area contributed by atoms with Crippen molar-refractivity contribution in [2.75, 3.05) is 0 Å². The second-order valence-electron chi connectivity index (χ2n) is 6.33. The highest BCUT2D eigenvalue weighted by Crippen LogP contribution is 2.47. The number of esters is 2. The van der Waals surface area contributed by atoms with Crippen LogP contribution in [0.5, 0.6) is 0 Å². The fourth-order valence-corrected chi connectivity index (χ4v) is 3.66. The third-order valence-electron chi connectivity index (χ3n) is 4.73. The first-order valence-electron chi connectivity index (χ1n) is 8.19. The first-order valence-corrected chi connectivity index (χ1v) is 8.19. The Labute approximate surface area is 139 Å². The fraction of sp³-hybridized carbons (Fsp3) is 0.750. The molecule has 2 fully saturated rings. The minimum atomic E-state index is -1.04. The number of hydrogen-bond acceptors (Lipinski definition) is 6. The van der Waals surface area contributed by atoms with Gasteiger partial charge in [-0.15, -0.1) is 0 Å². The van der Waals surface area contributed by atoms with Crippen molar-refractivity contribution >= 4 is 23.9 Å². The Hall–Kier alpha value is -2.12. The predicted molar refractivity (Wildman–Crippen MR) is 78.9 cm³/mol. The van der Waals surface area contributed by atoms with Crippen molar-refractivity contribution < 1.29 is 38.9 Å². The topological polar surface area (TPSA) is 127 Å². The lowest BCUT2D eigenvalue weighted by atomic mass is 9.98. The lowest BCUT2D eigenvalue weighted by molar-refractivity contribution is -0.155. The van der Waals surface area contributed by atoms with Crippen molar-refractivity contribution in [2.24, 2.45) is 11.8 Å². The molecule has 24 heavy (non-hydrogen) atoms. The Bertz CT molecular complexity index is 468. The second-order valence-corrected chi connectivity index (χ2v) is 6.33. The first kappa shape index (κ1) is 18.2. The SMILES string of the molecule is O=C(O)CCC(=O)O[C@H]1CC[C@H]2[C@@H]1CC[C@@H]2OC(=O)CCC(=O)O. The summed E-state index contributed by atoms with van der Waals surface area (Å²) in [6.07, 6.45) is 1.63. The van der Waals surface area contributed by atoms with E-state index in [0.717, 1.165) is 12.8 Å². The highest BCUT2D eigenvalue weighted by molar-refractivity contribution is 5.77. The molecule has 0 aromatic carbocycles. The van der Waals surface area contributed by atoms with Gasteiger partial charge in [-0.1, -0.05) is 0 Å². The molecule has 0 aromatic rings. The van der Waals surface area contributed by atoms with Gasteiger partial charge in [0.05, 0.1) is 25.7 Å². The number of hydrogen-bond donors (Lipinski definition) is 2. The van der Waals surface area contributed by atoms with Gasteiger partial charge in [-0.2, -0.15) is 0 Å². The molecule has 0 heterocycles. The van der Waals surface area contributed by atoms with Gasteiger partial charge in [0.1, 0.15) is 12.2 Å². The van der Waals surface area contributed by atoms with Crippen LogP contribution in [0.1, 0.15) is 51.4 Å². The van der Waals surface area contributed by atoms with Crippen LogP contribution in [0.25, 0.3) is 0 Å². The largest absolute Gasteiger partial charge is 0.481 e. The quantitative estimate of drug-likeness (QED) is 0.633. The normalized spacial score (nSPS) is 28.2. The maximum Gasteiger partial charge on any atom is 0.306 e. The molecule has 0 aromatic heterocycles. The van der Waals surface area contributed by atoms with Gasteiger partial charge in [0, 0.05) is 11.8 Å². The van der Waals surface area contributed by atoms with Crippen LogP contribution in [-0.4, -0.2) is 46.3 Å². The number of carboxylic acids is 2. The molecule has 2 N–H and O–H groups in total. The van der Waals surface area contributed by atoms with E-state index in [4.69, 9.17) is 19.7 Å². The molecule has 8 nitrogen and oxygen atoms in total. The first-order chi connectivity index (χ1) is 11.4. The van der Waals surface area contributed by atoms with Gasteiger partial charge < -0.3 is 19.7 Å². The maximum atomic E-state index is 11.7. The summed E-state index contributed by atoms with van der Waals surface area (Å²) >= 11 is 0. The molecule has 2 aliphatic carbocycles. The van der Waals surface area contributed by atoms with Crippen LogP contribution < -0.4 is 0 Å². The standard InChI is InChI=1S/C16H22O8/c17-13(18)5-7-15(21)23-11-3-1-9-10(11)2-4-12(9)24-16(22)8-6-14(19)20/h9-12H,1-8H2,(H,17,18)(H,19,20)/t9-,10-,11-,12-/m0/s1. The van der Waals surface area contributed by atoms with Crippen molar-refractivity contribution in [3.05, 3.63) is 0 Å². The van der Waals surface area contributed by atoms with Gasteiger partial charge in [-0.05, 0) is 25.7 Å². The molecule has 0 radical (unpaired) electrons. The van der Waals surface area contributed by atoms with Crippen molar-refractivity contribution in [1.82, 2.24) is 0 Å². The molecular formula is C16H22O8. The Balaban J connectivity index is 1.78. The second kappa shape index (κ2) is 8.12. The van der Waals surface area contributed by atoms with Gasteiger partial charge in [0.25, 0.3) is 0 Å². The molecule has 0 amide bonds. The average molecular weight is 342 g/mol. The third kappa shape index (κ3) is 4.94. The molecule has 0 bridgehead atoms. The van der Waals surface area contributed by atoms with Crippen LogP contribution in [0.3, 0.4) is 0 Å². The minimum Gasteiger partial charge on any atom is -0.481 e. The third-order valence-corrected chi connectivity index (χ3v) is 4.73. The van der Waals surface area contributed by atoms with E-state index in [1.165, 1.54) is 0 Å². The fourth-order valence-electron chi connectivity index (χ4n) is 3.66. The molecule has 2 saturated carbocycles. The van der Waals surface area contributed by atoms with Crippen LogP contribution in [0.2, 0.25) is 0 Å². The summed E-state index contributed by atoms with van der Waals surface area (Å²) in [5.74, 6) is -2.85. The number of carboxylic acid groups (broad SMARTS) is 2. The van der Waals surface area contributed by atoms with E-state index >= 15 is 0 Å². The summed E-state index contributed by atoms with van der Waals surface area (Å²) in [7, 11) is 0. The van der Waals surface area contributed by atoms with Crippen LogP contribution in [0.15, 0.2) is 0 Å². The number of fused-ring (bicyclic) bond motifs is 1. The van der Waals surface area contributed by atoms with E-state index in [9.17, 15) is 19.2 Å². The molecular weight excluding hydrogens is 320 g/mol. The Kier molecular flexibility index (Phi) is 6.16. The van der Waals surface area contributed by atoms with E-state index in [1.54, 1.807) is 0 Å². The smallest absolute Gasteiger partial charge is 0.306 e. The lowest BCUT2D eigenvalue weighted by Gasteiger charge is -2.21. The highest BCUT2D eigenvalue weighted by atomic mass is 16.6. The van der Waals surface area contributed by atoms with Crippen LogP contribution in [0, 0.1) is 11.8 Å². The van der Waals surface area contributed by atoms with Gasteiger partial charge in [-0.25, -0.2) is 0 Å². The molecule has 0 saturated heterocycles. The Morgan fingerprint density at radius 3 is 1.38 bits per heavy atom. The highest BCUT2D eigenvalue weighted by Gasteiger charge is 2.48. The van der Waals surface area contributed by atoms with Crippen LogP contribution >= 0.6 is 0 Å². The van der Waals surface area contributed by atoms with Crippen LogP contribution in [0.4, 0.5) is 0 Å². The van der Waals surface area contributed by atoms with Crippen molar-refractivity contribution in [1.29, 1.82) is 0 Å². The van der Waals surface area contributed by atoms with Crippen molar-refractivity contribution in [3.63, 3.8) is 0 Å². The van der Waals surface area contributed by atoms with E-state index < -0.39 is 23.9 Å². The lowest BCUT2D eigenvalue weighted by Crippen LogP contribution is -2.26. The summed E-state index contributed by atoms with van der Waals surface area (Å²) in [6, 6.07) is 0.